The van der Waals surface area contributed by atoms with Crippen molar-refractivity contribution in [2.75, 3.05) is 6.54 Å². The highest BCUT2D eigenvalue weighted by Crippen LogP contribution is 2.52. The Balaban J connectivity index is 1.91. The zero-order chi connectivity index (χ0) is 15.8. The quantitative estimate of drug-likeness (QED) is 0.585. The molecule has 0 N–H and O–H groups in total. The summed E-state index contributed by atoms with van der Waals surface area (Å²) in [5, 5.41) is 0. The molecule has 0 unspecified atom stereocenters. The van der Waals surface area contributed by atoms with Crippen LogP contribution in [0, 0.1) is 28.6 Å². The minimum absolute atomic E-state index is 0.0410. The van der Waals surface area contributed by atoms with E-state index in [0.29, 0.717) is 24.2 Å². The summed E-state index contributed by atoms with van der Waals surface area (Å²) in [6.45, 7) is 11.6. The second-order valence-electron chi connectivity index (χ2n) is 8.30. The van der Waals surface area contributed by atoms with E-state index in [1.807, 2.05) is 13.8 Å². The lowest BCUT2D eigenvalue weighted by Crippen LogP contribution is -2.46. The van der Waals surface area contributed by atoms with Gasteiger partial charge in [0.2, 0.25) is 0 Å². The van der Waals surface area contributed by atoms with Crippen LogP contribution in [-0.2, 0) is 9.59 Å². The van der Waals surface area contributed by atoms with Gasteiger partial charge in [-0.15, -0.1) is 0 Å². The standard InChI is InChI=1S/C18H29NO2/c1-6-12-7-13(18(12,4)5)10-19-11-14-15(20)8-17(2,3)9-16(14)21/h11-14H,6-10H2,1-5H3/t12-,13-/m0/s1. The number of ketones is 2. The Hall–Kier alpha value is -0.990. The minimum atomic E-state index is -0.580. The number of Topliss-reactive ketones (excluding diaryl/α,β-unsaturated/α-hetero) is 2. The van der Waals surface area contributed by atoms with Crippen LogP contribution >= 0.6 is 0 Å². The van der Waals surface area contributed by atoms with Crippen molar-refractivity contribution in [3.05, 3.63) is 0 Å². The first-order valence-corrected chi connectivity index (χ1v) is 8.23. The number of hydrogen-bond donors (Lipinski definition) is 0. The van der Waals surface area contributed by atoms with Gasteiger partial charge < -0.3 is 0 Å². The fraction of sp³-hybridized carbons (Fsp3) is 0.833. The molecule has 2 aliphatic carbocycles. The van der Waals surface area contributed by atoms with E-state index in [-0.39, 0.29) is 17.0 Å². The summed E-state index contributed by atoms with van der Waals surface area (Å²) < 4.78 is 0. The van der Waals surface area contributed by atoms with Crippen molar-refractivity contribution in [1.29, 1.82) is 0 Å². The van der Waals surface area contributed by atoms with E-state index in [9.17, 15) is 9.59 Å². The summed E-state index contributed by atoms with van der Waals surface area (Å²) in [6, 6.07) is 0. The molecule has 0 radical (unpaired) electrons. The molecule has 118 valence electrons. The van der Waals surface area contributed by atoms with Gasteiger partial charge in [-0.1, -0.05) is 41.0 Å². The predicted octanol–water partition coefficient (Wildman–Crippen LogP) is 3.70. The number of nitrogens with zero attached hydrogens (tertiary/aromatic N) is 1. The zero-order valence-corrected chi connectivity index (χ0v) is 14.1. The smallest absolute Gasteiger partial charge is 0.149 e. The van der Waals surface area contributed by atoms with Crippen molar-refractivity contribution in [3.63, 3.8) is 0 Å². The van der Waals surface area contributed by atoms with Gasteiger partial charge in [0.15, 0.2) is 0 Å². The van der Waals surface area contributed by atoms with E-state index < -0.39 is 5.92 Å². The van der Waals surface area contributed by atoms with Gasteiger partial charge in [-0.2, -0.15) is 0 Å². The maximum Gasteiger partial charge on any atom is 0.149 e. The lowest BCUT2D eigenvalue weighted by molar-refractivity contribution is -0.136. The maximum atomic E-state index is 12.1. The number of hydrogen-bond acceptors (Lipinski definition) is 3. The Morgan fingerprint density at radius 2 is 1.67 bits per heavy atom. The molecule has 0 bridgehead atoms. The molecular formula is C18H29NO2. The monoisotopic (exact) mass is 291 g/mol. The number of rotatable bonds is 4. The Bertz CT molecular complexity index is 442. The van der Waals surface area contributed by atoms with E-state index in [1.165, 1.54) is 12.8 Å². The molecule has 0 saturated heterocycles. The van der Waals surface area contributed by atoms with Crippen molar-refractivity contribution in [1.82, 2.24) is 0 Å². The summed E-state index contributed by atoms with van der Waals surface area (Å²) in [6.07, 6.45) is 5.06. The largest absolute Gasteiger partial charge is 0.298 e. The number of carbonyl (C=O) groups excluding carboxylic acids is 2. The van der Waals surface area contributed by atoms with Crippen LogP contribution in [0.25, 0.3) is 0 Å². The van der Waals surface area contributed by atoms with Crippen molar-refractivity contribution in [3.8, 4) is 0 Å². The molecule has 0 amide bonds. The number of carbonyl (C=O) groups is 2. The molecule has 0 aromatic rings. The van der Waals surface area contributed by atoms with E-state index in [1.54, 1.807) is 6.21 Å². The minimum Gasteiger partial charge on any atom is -0.298 e. The first-order valence-electron chi connectivity index (χ1n) is 8.23. The first-order chi connectivity index (χ1) is 9.67. The molecule has 3 nitrogen and oxygen atoms in total. The van der Waals surface area contributed by atoms with E-state index >= 15 is 0 Å². The summed E-state index contributed by atoms with van der Waals surface area (Å²) >= 11 is 0. The molecule has 0 aromatic carbocycles. The lowest BCUT2D eigenvalue weighted by atomic mass is 9.54. The third kappa shape index (κ3) is 3.27. The Morgan fingerprint density at radius 1 is 1.10 bits per heavy atom. The molecule has 2 fully saturated rings. The molecule has 0 spiro atoms. The maximum absolute atomic E-state index is 12.1. The van der Waals surface area contributed by atoms with Gasteiger partial charge in [-0.25, -0.2) is 0 Å². The van der Waals surface area contributed by atoms with Crippen LogP contribution < -0.4 is 0 Å². The van der Waals surface area contributed by atoms with Crippen LogP contribution in [0.15, 0.2) is 4.99 Å². The normalized spacial score (nSPS) is 32.4. The van der Waals surface area contributed by atoms with E-state index in [2.05, 4.69) is 25.8 Å². The SMILES string of the molecule is CC[C@H]1C[C@@H](CN=CC2C(=O)CC(C)(C)CC2=O)C1(C)C. The Kier molecular flexibility index (Phi) is 4.41. The molecule has 2 rings (SSSR count). The zero-order valence-electron chi connectivity index (χ0n) is 14.1. The Labute approximate surface area is 128 Å². The second-order valence-corrected chi connectivity index (χ2v) is 8.30. The summed E-state index contributed by atoms with van der Waals surface area (Å²) in [5.41, 5.74) is 0.164. The van der Waals surface area contributed by atoms with Gasteiger partial charge in [0.25, 0.3) is 0 Å². The van der Waals surface area contributed by atoms with Crippen molar-refractivity contribution >= 4 is 17.8 Å². The molecule has 0 aromatic heterocycles. The van der Waals surface area contributed by atoms with Crippen LogP contribution in [0.3, 0.4) is 0 Å². The molecule has 0 heterocycles. The van der Waals surface area contributed by atoms with Crippen LogP contribution in [-0.4, -0.2) is 24.3 Å². The highest BCUT2D eigenvalue weighted by Gasteiger charge is 2.46. The molecular weight excluding hydrogens is 262 g/mol. The fourth-order valence-electron chi connectivity index (χ4n) is 3.99. The third-order valence-electron chi connectivity index (χ3n) is 5.75. The molecule has 21 heavy (non-hydrogen) atoms. The van der Waals surface area contributed by atoms with Gasteiger partial charge in [0, 0.05) is 25.6 Å². The van der Waals surface area contributed by atoms with Crippen LogP contribution in [0.4, 0.5) is 0 Å². The average Bonchev–Trinajstić information content (AvgIpc) is 2.33. The fourth-order valence-corrected chi connectivity index (χ4v) is 3.99. The molecule has 0 aliphatic heterocycles. The molecule has 3 heteroatoms. The second kappa shape index (κ2) is 5.66. The number of aliphatic imine (C=N–C) groups is 1. The van der Waals surface area contributed by atoms with Gasteiger partial charge >= 0.3 is 0 Å². The first kappa shape index (κ1) is 16.4. The van der Waals surface area contributed by atoms with E-state index in [0.717, 1.165) is 12.5 Å². The van der Waals surface area contributed by atoms with Gasteiger partial charge in [0.05, 0.1) is 0 Å². The summed E-state index contributed by atoms with van der Waals surface area (Å²) in [5.74, 6) is 0.877. The van der Waals surface area contributed by atoms with Crippen LogP contribution in [0.1, 0.15) is 60.3 Å². The van der Waals surface area contributed by atoms with Crippen molar-refractivity contribution in [2.45, 2.75) is 60.3 Å². The summed E-state index contributed by atoms with van der Waals surface area (Å²) in [4.78, 5) is 28.6. The van der Waals surface area contributed by atoms with Gasteiger partial charge in [0.1, 0.15) is 17.5 Å². The van der Waals surface area contributed by atoms with E-state index in [4.69, 9.17) is 0 Å². The van der Waals surface area contributed by atoms with Crippen molar-refractivity contribution in [2.24, 2.45) is 33.6 Å². The Morgan fingerprint density at radius 3 is 2.14 bits per heavy atom. The topological polar surface area (TPSA) is 46.5 Å². The lowest BCUT2D eigenvalue weighted by Gasteiger charge is -2.52. The molecule has 2 atom stereocenters. The molecule has 2 aliphatic rings. The highest BCUT2D eigenvalue weighted by molar-refractivity contribution is 6.16. The van der Waals surface area contributed by atoms with Crippen LogP contribution in [0.2, 0.25) is 0 Å². The molecule has 2 saturated carbocycles. The third-order valence-corrected chi connectivity index (χ3v) is 5.75. The highest BCUT2D eigenvalue weighted by atomic mass is 16.2. The van der Waals surface area contributed by atoms with Gasteiger partial charge in [-0.3, -0.25) is 14.6 Å². The van der Waals surface area contributed by atoms with Gasteiger partial charge in [-0.05, 0) is 29.1 Å². The van der Waals surface area contributed by atoms with Crippen LogP contribution in [0.5, 0.6) is 0 Å². The average molecular weight is 291 g/mol. The predicted molar refractivity (Wildman–Crippen MR) is 85.5 cm³/mol. The summed E-state index contributed by atoms with van der Waals surface area (Å²) in [7, 11) is 0. The van der Waals surface area contributed by atoms with Crippen molar-refractivity contribution < 1.29 is 9.59 Å².